The van der Waals surface area contributed by atoms with Crippen molar-refractivity contribution >= 4 is 17.0 Å². The molecule has 3 rings (SSSR count). The molecule has 3 heterocycles. The Hall–Kier alpha value is -1.81. The third kappa shape index (κ3) is 1.75. The standard InChI is InChI=1S/C10H13N5O4/c11-8-5-9(13-2-12-8)15(3-14-5)10-7(18)6(17)4(1-16)19-10/h2-4,6-7,10,16-18H,1H2,(H2,11,12,13)/t4-,6+,7+,10-/m1/s1. The minimum absolute atomic E-state index is 0.218. The molecule has 0 unspecified atom stereocenters. The van der Waals surface area contributed by atoms with Gasteiger partial charge in [-0.05, 0) is 0 Å². The molecule has 9 heteroatoms. The lowest BCUT2D eigenvalue weighted by atomic mass is 10.1. The number of nitrogen functional groups attached to an aromatic ring is 1. The zero-order chi connectivity index (χ0) is 13.6. The fourth-order valence-electron chi connectivity index (χ4n) is 2.17. The Bertz CT molecular complexity index is 603. The molecule has 0 saturated carbocycles. The van der Waals surface area contributed by atoms with Gasteiger partial charge < -0.3 is 25.8 Å². The second-order valence-electron chi connectivity index (χ2n) is 4.31. The third-order valence-electron chi connectivity index (χ3n) is 3.18. The second-order valence-corrected chi connectivity index (χ2v) is 4.31. The average Bonchev–Trinajstić information content (AvgIpc) is 2.94. The number of ether oxygens (including phenoxy) is 1. The van der Waals surface area contributed by atoms with Crippen LogP contribution in [0.4, 0.5) is 5.82 Å². The Morgan fingerprint density at radius 2 is 2.05 bits per heavy atom. The van der Waals surface area contributed by atoms with Gasteiger partial charge >= 0.3 is 0 Å². The molecule has 102 valence electrons. The maximum absolute atomic E-state index is 9.95. The predicted molar refractivity (Wildman–Crippen MR) is 62.7 cm³/mol. The molecule has 4 atom stereocenters. The molecule has 0 aliphatic carbocycles. The Morgan fingerprint density at radius 3 is 2.74 bits per heavy atom. The molecule has 0 radical (unpaired) electrons. The lowest BCUT2D eigenvalue weighted by Gasteiger charge is -2.16. The van der Waals surface area contributed by atoms with Gasteiger partial charge in [-0.15, -0.1) is 0 Å². The van der Waals surface area contributed by atoms with Crippen molar-refractivity contribution < 1.29 is 20.1 Å². The Labute approximate surface area is 107 Å². The van der Waals surface area contributed by atoms with Crippen molar-refractivity contribution in [2.45, 2.75) is 24.5 Å². The van der Waals surface area contributed by atoms with Crippen molar-refractivity contribution in [3.05, 3.63) is 12.7 Å². The molecule has 0 aromatic carbocycles. The molecule has 0 amide bonds. The van der Waals surface area contributed by atoms with Crippen LogP contribution in [0.2, 0.25) is 0 Å². The molecule has 2 aromatic heterocycles. The summed E-state index contributed by atoms with van der Waals surface area (Å²) in [5, 5.41) is 28.7. The molecule has 0 bridgehead atoms. The van der Waals surface area contributed by atoms with Gasteiger partial charge in [-0.2, -0.15) is 0 Å². The van der Waals surface area contributed by atoms with Crippen molar-refractivity contribution in [3.63, 3.8) is 0 Å². The highest BCUT2D eigenvalue weighted by molar-refractivity contribution is 5.81. The molecular formula is C10H13N5O4. The van der Waals surface area contributed by atoms with E-state index < -0.39 is 31.1 Å². The van der Waals surface area contributed by atoms with E-state index in [1.165, 1.54) is 17.2 Å². The summed E-state index contributed by atoms with van der Waals surface area (Å²) in [7, 11) is 0. The molecule has 1 aliphatic heterocycles. The van der Waals surface area contributed by atoms with E-state index in [9.17, 15) is 10.2 Å². The van der Waals surface area contributed by atoms with Crippen LogP contribution >= 0.6 is 0 Å². The van der Waals surface area contributed by atoms with Crippen LogP contribution in [-0.2, 0) is 4.74 Å². The van der Waals surface area contributed by atoms with Crippen molar-refractivity contribution in [1.82, 2.24) is 19.5 Å². The van der Waals surface area contributed by atoms with Gasteiger partial charge in [-0.1, -0.05) is 0 Å². The lowest BCUT2D eigenvalue weighted by Crippen LogP contribution is -2.33. The first kappa shape index (κ1) is 12.2. The summed E-state index contributed by atoms with van der Waals surface area (Å²) in [5.41, 5.74) is 6.44. The van der Waals surface area contributed by atoms with E-state index in [4.69, 9.17) is 15.6 Å². The maximum atomic E-state index is 9.95. The summed E-state index contributed by atoms with van der Waals surface area (Å²) in [6, 6.07) is 0. The number of aliphatic hydroxyl groups is 3. The van der Waals surface area contributed by atoms with E-state index in [0.717, 1.165) is 0 Å². The fourth-order valence-corrected chi connectivity index (χ4v) is 2.17. The fraction of sp³-hybridized carbons (Fsp3) is 0.500. The van der Waals surface area contributed by atoms with Gasteiger partial charge in [0.25, 0.3) is 0 Å². The zero-order valence-corrected chi connectivity index (χ0v) is 9.79. The highest BCUT2D eigenvalue weighted by Crippen LogP contribution is 2.31. The number of hydrogen-bond donors (Lipinski definition) is 4. The van der Waals surface area contributed by atoms with Crippen molar-refractivity contribution in [2.24, 2.45) is 0 Å². The summed E-state index contributed by atoms with van der Waals surface area (Å²) in [6.45, 7) is -0.390. The van der Waals surface area contributed by atoms with Crippen LogP contribution in [0.15, 0.2) is 12.7 Å². The van der Waals surface area contributed by atoms with Gasteiger partial charge in [0.1, 0.15) is 30.2 Å². The summed E-state index contributed by atoms with van der Waals surface area (Å²) in [5.74, 6) is 0.218. The SMILES string of the molecule is Nc1ncnc2c1ncn2[C@@H]1O[C@H](CO)[C@H](O)[C@@H]1O. The van der Waals surface area contributed by atoms with Gasteiger partial charge in [-0.25, -0.2) is 15.0 Å². The largest absolute Gasteiger partial charge is 0.394 e. The number of aliphatic hydroxyl groups excluding tert-OH is 3. The smallest absolute Gasteiger partial charge is 0.167 e. The molecule has 5 N–H and O–H groups in total. The van der Waals surface area contributed by atoms with Gasteiger partial charge in [0.05, 0.1) is 12.9 Å². The number of hydrogen-bond acceptors (Lipinski definition) is 8. The van der Waals surface area contributed by atoms with Crippen LogP contribution in [0.3, 0.4) is 0 Å². The monoisotopic (exact) mass is 267 g/mol. The quantitative estimate of drug-likeness (QED) is 0.491. The van der Waals surface area contributed by atoms with Gasteiger partial charge in [0, 0.05) is 0 Å². The molecule has 19 heavy (non-hydrogen) atoms. The molecule has 1 fully saturated rings. The van der Waals surface area contributed by atoms with Crippen LogP contribution in [0.1, 0.15) is 6.23 Å². The first-order valence-corrected chi connectivity index (χ1v) is 5.69. The molecule has 9 nitrogen and oxygen atoms in total. The summed E-state index contributed by atoms with van der Waals surface area (Å²) >= 11 is 0. The normalized spacial score (nSPS) is 31.1. The maximum Gasteiger partial charge on any atom is 0.167 e. The molecular weight excluding hydrogens is 254 g/mol. The van der Waals surface area contributed by atoms with Gasteiger partial charge in [0.2, 0.25) is 0 Å². The van der Waals surface area contributed by atoms with E-state index in [1.54, 1.807) is 0 Å². The minimum Gasteiger partial charge on any atom is -0.394 e. The Kier molecular flexibility index (Phi) is 2.82. The van der Waals surface area contributed by atoms with Crippen molar-refractivity contribution in [1.29, 1.82) is 0 Å². The topological polar surface area (TPSA) is 140 Å². The van der Waals surface area contributed by atoms with E-state index >= 15 is 0 Å². The summed E-state index contributed by atoms with van der Waals surface area (Å²) in [6.07, 6.45) is -1.42. The number of aromatic nitrogens is 4. The highest BCUT2D eigenvalue weighted by atomic mass is 16.6. The van der Waals surface area contributed by atoms with E-state index in [-0.39, 0.29) is 5.82 Å². The van der Waals surface area contributed by atoms with Crippen LogP contribution in [0.5, 0.6) is 0 Å². The van der Waals surface area contributed by atoms with Crippen molar-refractivity contribution in [2.75, 3.05) is 12.3 Å². The number of nitrogens with zero attached hydrogens (tertiary/aromatic N) is 4. The number of imidazole rings is 1. The first-order chi connectivity index (χ1) is 9.13. The number of anilines is 1. The first-order valence-electron chi connectivity index (χ1n) is 5.69. The summed E-state index contributed by atoms with van der Waals surface area (Å²) < 4.78 is 6.85. The summed E-state index contributed by atoms with van der Waals surface area (Å²) in [4.78, 5) is 11.9. The van der Waals surface area contributed by atoms with E-state index in [2.05, 4.69) is 15.0 Å². The number of nitrogens with two attached hydrogens (primary N) is 1. The van der Waals surface area contributed by atoms with Crippen molar-refractivity contribution in [3.8, 4) is 0 Å². The predicted octanol–water partition coefficient (Wildman–Crippen LogP) is -1.98. The van der Waals surface area contributed by atoms with Crippen LogP contribution in [0, 0.1) is 0 Å². The van der Waals surface area contributed by atoms with E-state index in [1.807, 2.05) is 0 Å². The Balaban J connectivity index is 2.04. The van der Waals surface area contributed by atoms with E-state index in [0.29, 0.717) is 11.2 Å². The van der Waals surface area contributed by atoms with Crippen LogP contribution in [0.25, 0.3) is 11.2 Å². The van der Waals surface area contributed by atoms with Crippen LogP contribution in [-0.4, -0.2) is 59.8 Å². The second kappa shape index (κ2) is 4.38. The molecule has 1 aliphatic rings. The molecule has 2 aromatic rings. The molecule has 0 spiro atoms. The molecule has 1 saturated heterocycles. The number of rotatable bonds is 2. The highest BCUT2D eigenvalue weighted by Gasteiger charge is 2.43. The van der Waals surface area contributed by atoms with Crippen LogP contribution < -0.4 is 5.73 Å². The Morgan fingerprint density at radius 1 is 1.26 bits per heavy atom. The third-order valence-corrected chi connectivity index (χ3v) is 3.18. The zero-order valence-electron chi connectivity index (χ0n) is 9.79. The lowest BCUT2D eigenvalue weighted by molar-refractivity contribution is -0.0511. The van der Waals surface area contributed by atoms with Gasteiger partial charge in [-0.3, -0.25) is 4.57 Å². The average molecular weight is 267 g/mol. The minimum atomic E-state index is -1.19. The number of fused-ring (bicyclic) bond motifs is 1. The van der Waals surface area contributed by atoms with Gasteiger partial charge in [0.15, 0.2) is 17.7 Å².